The van der Waals surface area contributed by atoms with Crippen LogP contribution in [0.4, 0.5) is 0 Å². The first-order valence-electron chi connectivity index (χ1n) is 6.01. The normalized spacial score (nSPS) is 10.7. The SMILES string of the molecule is NCc1ccc(-c2cnc3ccccc3c2)cc1. The summed E-state index contributed by atoms with van der Waals surface area (Å²) in [5.41, 5.74) is 10.1. The summed E-state index contributed by atoms with van der Waals surface area (Å²) in [4.78, 5) is 4.48. The van der Waals surface area contributed by atoms with Gasteiger partial charge in [-0.05, 0) is 23.3 Å². The fraction of sp³-hybridized carbons (Fsp3) is 0.0625. The molecule has 1 heterocycles. The van der Waals surface area contributed by atoms with Crippen molar-refractivity contribution in [3.05, 3.63) is 66.4 Å². The zero-order chi connectivity index (χ0) is 12.4. The first-order valence-corrected chi connectivity index (χ1v) is 6.01. The predicted octanol–water partition coefficient (Wildman–Crippen LogP) is 3.36. The van der Waals surface area contributed by atoms with E-state index in [-0.39, 0.29) is 0 Å². The minimum Gasteiger partial charge on any atom is -0.326 e. The summed E-state index contributed by atoms with van der Waals surface area (Å²) < 4.78 is 0. The van der Waals surface area contributed by atoms with E-state index in [4.69, 9.17) is 5.73 Å². The van der Waals surface area contributed by atoms with Crippen molar-refractivity contribution in [1.29, 1.82) is 0 Å². The molecule has 0 radical (unpaired) electrons. The number of nitrogens with two attached hydrogens (primary N) is 1. The van der Waals surface area contributed by atoms with Gasteiger partial charge in [0.15, 0.2) is 0 Å². The molecule has 3 aromatic rings. The predicted molar refractivity (Wildman–Crippen MR) is 75.1 cm³/mol. The molecular formula is C16H14N2. The third-order valence-electron chi connectivity index (χ3n) is 3.11. The quantitative estimate of drug-likeness (QED) is 0.738. The molecule has 0 atom stereocenters. The number of aromatic nitrogens is 1. The number of rotatable bonds is 2. The van der Waals surface area contributed by atoms with Gasteiger partial charge in [0.05, 0.1) is 5.52 Å². The maximum Gasteiger partial charge on any atom is 0.0702 e. The molecule has 2 heteroatoms. The molecule has 2 aromatic carbocycles. The molecule has 2 N–H and O–H groups in total. The summed E-state index contributed by atoms with van der Waals surface area (Å²) in [6, 6.07) is 18.6. The Morgan fingerprint density at radius 2 is 1.67 bits per heavy atom. The first kappa shape index (κ1) is 10.9. The standard InChI is InChI=1S/C16H14N2/c17-10-12-5-7-13(8-6-12)15-9-14-3-1-2-4-16(14)18-11-15/h1-9,11H,10,17H2. The number of pyridine rings is 1. The van der Waals surface area contributed by atoms with Gasteiger partial charge < -0.3 is 5.73 Å². The Labute approximate surface area is 106 Å². The van der Waals surface area contributed by atoms with Crippen LogP contribution in [0.3, 0.4) is 0 Å². The molecular weight excluding hydrogens is 220 g/mol. The summed E-state index contributed by atoms with van der Waals surface area (Å²) in [6.07, 6.45) is 1.92. The van der Waals surface area contributed by atoms with Crippen molar-refractivity contribution in [3.63, 3.8) is 0 Å². The third-order valence-corrected chi connectivity index (χ3v) is 3.11. The fourth-order valence-corrected chi connectivity index (χ4v) is 2.06. The van der Waals surface area contributed by atoms with E-state index >= 15 is 0 Å². The second-order valence-corrected chi connectivity index (χ2v) is 4.32. The zero-order valence-electron chi connectivity index (χ0n) is 10.0. The number of fused-ring (bicyclic) bond motifs is 1. The van der Waals surface area contributed by atoms with Crippen LogP contribution in [0.1, 0.15) is 5.56 Å². The average Bonchev–Trinajstić information content (AvgIpc) is 2.47. The highest BCUT2D eigenvalue weighted by Crippen LogP contribution is 2.22. The van der Waals surface area contributed by atoms with Crippen molar-refractivity contribution >= 4 is 10.9 Å². The van der Waals surface area contributed by atoms with Crippen LogP contribution in [0.25, 0.3) is 22.0 Å². The van der Waals surface area contributed by atoms with Crippen LogP contribution in [0, 0.1) is 0 Å². The Balaban J connectivity index is 2.07. The smallest absolute Gasteiger partial charge is 0.0702 e. The van der Waals surface area contributed by atoms with E-state index in [1.54, 1.807) is 0 Å². The molecule has 0 spiro atoms. The highest BCUT2D eigenvalue weighted by Gasteiger charge is 2.00. The minimum absolute atomic E-state index is 0.580. The van der Waals surface area contributed by atoms with Crippen LogP contribution in [0.5, 0.6) is 0 Å². The Kier molecular flexibility index (Phi) is 2.79. The lowest BCUT2D eigenvalue weighted by Crippen LogP contribution is -1.95. The second kappa shape index (κ2) is 4.59. The highest BCUT2D eigenvalue weighted by molar-refractivity contribution is 5.83. The molecule has 0 saturated heterocycles. The van der Waals surface area contributed by atoms with Gasteiger partial charge in [-0.25, -0.2) is 0 Å². The molecule has 0 unspecified atom stereocenters. The molecule has 0 amide bonds. The maximum absolute atomic E-state index is 5.60. The van der Waals surface area contributed by atoms with Gasteiger partial charge in [-0.2, -0.15) is 0 Å². The van der Waals surface area contributed by atoms with E-state index in [0.29, 0.717) is 6.54 Å². The van der Waals surface area contributed by atoms with E-state index < -0.39 is 0 Å². The largest absolute Gasteiger partial charge is 0.326 e. The topological polar surface area (TPSA) is 38.9 Å². The van der Waals surface area contributed by atoms with Gasteiger partial charge in [0.1, 0.15) is 0 Å². The van der Waals surface area contributed by atoms with Crippen molar-refractivity contribution in [2.45, 2.75) is 6.54 Å². The molecule has 0 bridgehead atoms. The maximum atomic E-state index is 5.60. The Bertz CT molecular complexity index is 672. The van der Waals surface area contributed by atoms with Gasteiger partial charge in [0.25, 0.3) is 0 Å². The minimum atomic E-state index is 0.580. The molecule has 0 aliphatic heterocycles. The summed E-state index contributed by atoms with van der Waals surface area (Å²) in [5, 5.41) is 1.16. The van der Waals surface area contributed by atoms with Crippen LogP contribution in [-0.4, -0.2) is 4.98 Å². The van der Waals surface area contributed by atoms with Crippen LogP contribution < -0.4 is 5.73 Å². The molecule has 18 heavy (non-hydrogen) atoms. The van der Waals surface area contributed by atoms with Gasteiger partial charge in [0.2, 0.25) is 0 Å². The van der Waals surface area contributed by atoms with Gasteiger partial charge in [0, 0.05) is 23.7 Å². The molecule has 1 aromatic heterocycles. The van der Waals surface area contributed by atoms with E-state index in [9.17, 15) is 0 Å². The molecule has 0 aliphatic rings. The van der Waals surface area contributed by atoms with E-state index in [2.05, 4.69) is 41.4 Å². The fourth-order valence-electron chi connectivity index (χ4n) is 2.06. The van der Waals surface area contributed by atoms with Crippen LogP contribution in [0.15, 0.2) is 60.8 Å². The van der Waals surface area contributed by atoms with Crippen molar-refractivity contribution in [1.82, 2.24) is 4.98 Å². The zero-order valence-corrected chi connectivity index (χ0v) is 10.0. The van der Waals surface area contributed by atoms with Crippen molar-refractivity contribution in [3.8, 4) is 11.1 Å². The summed E-state index contributed by atoms with van der Waals surface area (Å²) in [6.45, 7) is 0.580. The lowest BCUT2D eigenvalue weighted by atomic mass is 10.0. The van der Waals surface area contributed by atoms with Gasteiger partial charge in [-0.3, -0.25) is 4.98 Å². The third kappa shape index (κ3) is 1.98. The second-order valence-electron chi connectivity index (χ2n) is 4.32. The van der Waals surface area contributed by atoms with Crippen LogP contribution in [0.2, 0.25) is 0 Å². The van der Waals surface area contributed by atoms with Gasteiger partial charge in [-0.1, -0.05) is 42.5 Å². The van der Waals surface area contributed by atoms with Gasteiger partial charge >= 0.3 is 0 Å². The average molecular weight is 234 g/mol. The Hall–Kier alpha value is -2.19. The lowest BCUT2D eigenvalue weighted by molar-refractivity contribution is 1.07. The summed E-state index contributed by atoms with van der Waals surface area (Å²) in [5.74, 6) is 0. The number of hydrogen-bond donors (Lipinski definition) is 1. The lowest BCUT2D eigenvalue weighted by Gasteiger charge is -2.04. The Morgan fingerprint density at radius 1 is 0.889 bits per heavy atom. The Morgan fingerprint density at radius 3 is 2.44 bits per heavy atom. The first-order chi connectivity index (χ1) is 8.86. The molecule has 3 rings (SSSR count). The molecule has 0 saturated carbocycles. The summed E-state index contributed by atoms with van der Waals surface area (Å²) in [7, 11) is 0. The van der Waals surface area contributed by atoms with Crippen molar-refractivity contribution < 1.29 is 0 Å². The van der Waals surface area contributed by atoms with E-state index in [1.807, 2.05) is 24.4 Å². The number of hydrogen-bond acceptors (Lipinski definition) is 2. The molecule has 0 aliphatic carbocycles. The number of para-hydroxylation sites is 1. The van der Waals surface area contributed by atoms with Crippen LogP contribution in [-0.2, 0) is 6.54 Å². The molecule has 88 valence electrons. The van der Waals surface area contributed by atoms with Crippen molar-refractivity contribution in [2.75, 3.05) is 0 Å². The number of nitrogens with zero attached hydrogens (tertiary/aromatic N) is 1. The van der Waals surface area contributed by atoms with E-state index in [0.717, 1.165) is 22.0 Å². The van der Waals surface area contributed by atoms with E-state index in [1.165, 1.54) is 5.56 Å². The van der Waals surface area contributed by atoms with Gasteiger partial charge in [-0.15, -0.1) is 0 Å². The van der Waals surface area contributed by atoms with Crippen LogP contribution >= 0.6 is 0 Å². The number of benzene rings is 2. The highest BCUT2D eigenvalue weighted by atomic mass is 14.6. The summed E-state index contributed by atoms with van der Waals surface area (Å²) >= 11 is 0. The van der Waals surface area contributed by atoms with Crippen molar-refractivity contribution in [2.24, 2.45) is 5.73 Å². The molecule has 2 nitrogen and oxygen atoms in total. The monoisotopic (exact) mass is 234 g/mol. The molecule has 0 fully saturated rings.